The van der Waals surface area contributed by atoms with Crippen molar-refractivity contribution in [3.05, 3.63) is 108 Å². The Balaban J connectivity index is 1.55. The second-order valence-corrected chi connectivity index (χ2v) is 7.90. The quantitative estimate of drug-likeness (QED) is 0.554. The van der Waals surface area contributed by atoms with Crippen LogP contribution in [0.15, 0.2) is 91.0 Å². The first-order valence-electron chi connectivity index (χ1n) is 10.8. The fourth-order valence-electron chi connectivity index (χ4n) is 4.37. The highest BCUT2D eigenvalue weighted by molar-refractivity contribution is 5.89. The zero-order chi connectivity index (χ0) is 21.6. The summed E-state index contributed by atoms with van der Waals surface area (Å²) >= 11 is 0. The fourth-order valence-corrected chi connectivity index (χ4v) is 4.37. The first-order valence-corrected chi connectivity index (χ1v) is 10.8. The van der Waals surface area contributed by atoms with Gasteiger partial charge in [0.25, 0.3) is 0 Å². The predicted octanol–water partition coefficient (Wildman–Crippen LogP) is 4.47. The molecule has 3 aromatic carbocycles. The summed E-state index contributed by atoms with van der Waals surface area (Å²) in [6, 6.07) is 29.2. The Kier molecular flexibility index (Phi) is 6.46. The molecule has 1 aliphatic rings. The molecule has 0 heterocycles. The number of hydrogen-bond donors (Lipinski definition) is 1. The number of carbonyl (C=O) groups excluding carboxylic acids is 2. The molecule has 0 unspecified atom stereocenters. The Morgan fingerprint density at radius 2 is 1.29 bits per heavy atom. The molecule has 0 radical (unpaired) electrons. The van der Waals surface area contributed by atoms with Gasteiger partial charge in [0.2, 0.25) is 5.91 Å². The van der Waals surface area contributed by atoms with Crippen molar-refractivity contribution in [3.8, 4) is 0 Å². The van der Waals surface area contributed by atoms with Crippen LogP contribution in [0.4, 0.5) is 0 Å². The van der Waals surface area contributed by atoms with Crippen molar-refractivity contribution in [2.75, 3.05) is 6.61 Å². The summed E-state index contributed by atoms with van der Waals surface area (Å²) in [6.07, 6.45) is 0.407. The fraction of sp³-hybridized carbons (Fsp3) is 0.259. The summed E-state index contributed by atoms with van der Waals surface area (Å²) in [4.78, 5) is 26.0. The topological polar surface area (TPSA) is 55.4 Å². The normalized spacial score (nSPS) is 20.5. The van der Waals surface area contributed by atoms with Crippen LogP contribution in [0.1, 0.15) is 35.4 Å². The van der Waals surface area contributed by atoms with Crippen LogP contribution in [-0.2, 0) is 20.7 Å². The molecule has 3 aromatic rings. The van der Waals surface area contributed by atoms with Crippen LogP contribution in [0.25, 0.3) is 0 Å². The predicted molar refractivity (Wildman–Crippen MR) is 121 cm³/mol. The first-order chi connectivity index (χ1) is 15.2. The SMILES string of the molecule is CCOC(=O)[C@H](Cc1ccccc1)NC(=O)C1[C@H](c2ccccc2)[C@H]1c1ccccc1. The molecule has 0 aromatic heterocycles. The van der Waals surface area contributed by atoms with E-state index in [-0.39, 0.29) is 30.3 Å². The zero-order valence-corrected chi connectivity index (χ0v) is 17.6. The minimum absolute atomic E-state index is 0.100. The van der Waals surface area contributed by atoms with Crippen LogP contribution in [0.5, 0.6) is 0 Å². The molecule has 4 heteroatoms. The van der Waals surface area contributed by atoms with E-state index in [1.54, 1.807) is 6.92 Å². The summed E-state index contributed by atoms with van der Waals surface area (Å²) in [5, 5.41) is 3.00. The summed E-state index contributed by atoms with van der Waals surface area (Å²) in [7, 11) is 0. The molecule has 1 saturated carbocycles. The van der Waals surface area contributed by atoms with Gasteiger partial charge in [-0.15, -0.1) is 0 Å². The summed E-state index contributed by atoms with van der Waals surface area (Å²) in [6.45, 7) is 2.06. The monoisotopic (exact) mass is 413 g/mol. The van der Waals surface area contributed by atoms with Crippen LogP contribution in [0.3, 0.4) is 0 Å². The number of nitrogens with one attached hydrogen (secondary N) is 1. The molecule has 0 spiro atoms. The summed E-state index contributed by atoms with van der Waals surface area (Å²) in [5.41, 5.74) is 3.27. The van der Waals surface area contributed by atoms with Gasteiger partial charge in [0.1, 0.15) is 6.04 Å². The molecule has 4 nitrogen and oxygen atoms in total. The standard InChI is InChI=1S/C27H27NO3/c1-2-31-27(30)22(18-19-12-6-3-7-13-19)28-26(29)25-23(20-14-8-4-9-15-20)24(25)21-16-10-5-11-17-21/h3-17,22-25H,2,18H2,1H3,(H,28,29)/t22-,23+,24+/m0/s1. The number of carbonyl (C=O) groups is 2. The molecule has 4 rings (SSSR count). The third-order valence-electron chi connectivity index (χ3n) is 5.86. The molecule has 0 saturated heterocycles. The molecule has 158 valence electrons. The van der Waals surface area contributed by atoms with Crippen molar-refractivity contribution in [2.45, 2.75) is 31.2 Å². The maximum absolute atomic E-state index is 13.4. The van der Waals surface area contributed by atoms with Gasteiger partial charge >= 0.3 is 5.97 Å². The van der Waals surface area contributed by atoms with Gasteiger partial charge in [0.15, 0.2) is 0 Å². The highest BCUT2D eigenvalue weighted by Gasteiger charge is 2.56. The Hall–Kier alpha value is -3.40. The average Bonchev–Trinajstić information content (AvgIpc) is 3.57. The van der Waals surface area contributed by atoms with Crippen molar-refractivity contribution >= 4 is 11.9 Å². The lowest BCUT2D eigenvalue weighted by Crippen LogP contribution is -2.44. The molecule has 1 N–H and O–H groups in total. The zero-order valence-electron chi connectivity index (χ0n) is 17.6. The second-order valence-electron chi connectivity index (χ2n) is 7.90. The number of rotatable bonds is 8. The lowest BCUT2D eigenvalue weighted by molar-refractivity contribution is -0.147. The Morgan fingerprint density at radius 3 is 1.77 bits per heavy atom. The van der Waals surface area contributed by atoms with Gasteiger partial charge in [0.05, 0.1) is 12.5 Å². The summed E-state index contributed by atoms with van der Waals surface area (Å²) < 4.78 is 5.25. The van der Waals surface area contributed by atoms with E-state index in [1.807, 2.05) is 66.7 Å². The van der Waals surface area contributed by atoms with Crippen LogP contribution in [0.2, 0.25) is 0 Å². The smallest absolute Gasteiger partial charge is 0.328 e. The van der Waals surface area contributed by atoms with Crippen molar-refractivity contribution in [1.82, 2.24) is 5.32 Å². The third kappa shape index (κ3) is 4.85. The molecule has 1 aliphatic carbocycles. The Labute approximate surface area is 183 Å². The van der Waals surface area contributed by atoms with Gasteiger partial charge in [-0.05, 0) is 23.6 Å². The minimum atomic E-state index is -0.705. The maximum atomic E-state index is 13.4. The van der Waals surface area contributed by atoms with Gasteiger partial charge in [0, 0.05) is 18.3 Å². The van der Waals surface area contributed by atoms with Crippen molar-refractivity contribution in [1.29, 1.82) is 0 Å². The van der Waals surface area contributed by atoms with Crippen LogP contribution in [-0.4, -0.2) is 24.5 Å². The highest BCUT2D eigenvalue weighted by Crippen LogP contribution is 2.60. The van der Waals surface area contributed by atoms with Gasteiger partial charge < -0.3 is 10.1 Å². The largest absolute Gasteiger partial charge is 0.464 e. The van der Waals surface area contributed by atoms with Crippen LogP contribution < -0.4 is 5.32 Å². The van der Waals surface area contributed by atoms with E-state index < -0.39 is 12.0 Å². The number of ether oxygens (including phenoxy) is 1. The number of benzene rings is 3. The third-order valence-corrected chi connectivity index (χ3v) is 5.86. The maximum Gasteiger partial charge on any atom is 0.328 e. The van der Waals surface area contributed by atoms with E-state index in [2.05, 4.69) is 29.6 Å². The molecule has 31 heavy (non-hydrogen) atoms. The molecule has 0 aliphatic heterocycles. The number of amides is 1. The molecular formula is C27H27NO3. The van der Waals surface area contributed by atoms with Crippen molar-refractivity contribution in [2.24, 2.45) is 5.92 Å². The van der Waals surface area contributed by atoms with Gasteiger partial charge in [-0.3, -0.25) is 4.79 Å². The van der Waals surface area contributed by atoms with E-state index in [9.17, 15) is 9.59 Å². The van der Waals surface area contributed by atoms with Crippen molar-refractivity contribution < 1.29 is 14.3 Å². The van der Waals surface area contributed by atoms with E-state index in [0.717, 1.165) is 16.7 Å². The van der Waals surface area contributed by atoms with Crippen molar-refractivity contribution in [3.63, 3.8) is 0 Å². The number of hydrogen-bond acceptors (Lipinski definition) is 3. The number of esters is 1. The van der Waals surface area contributed by atoms with Crippen LogP contribution >= 0.6 is 0 Å². The van der Waals surface area contributed by atoms with Gasteiger partial charge in [-0.2, -0.15) is 0 Å². The average molecular weight is 414 g/mol. The molecule has 1 amide bonds. The molecule has 0 bridgehead atoms. The lowest BCUT2D eigenvalue weighted by atomic mass is 10.0. The second kappa shape index (κ2) is 9.61. The van der Waals surface area contributed by atoms with E-state index in [0.29, 0.717) is 6.42 Å². The van der Waals surface area contributed by atoms with Crippen LogP contribution in [0, 0.1) is 5.92 Å². The molecule has 3 atom stereocenters. The first kappa shape index (κ1) is 20.9. The lowest BCUT2D eigenvalue weighted by Gasteiger charge is -2.18. The molecule has 1 fully saturated rings. The van der Waals surface area contributed by atoms with E-state index in [4.69, 9.17) is 4.74 Å². The van der Waals surface area contributed by atoms with Gasteiger partial charge in [-0.25, -0.2) is 4.79 Å². The van der Waals surface area contributed by atoms with E-state index in [1.165, 1.54) is 0 Å². The Bertz CT molecular complexity index is 959. The van der Waals surface area contributed by atoms with Gasteiger partial charge in [-0.1, -0.05) is 91.0 Å². The molecular weight excluding hydrogens is 386 g/mol. The highest BCUT2D eigenvalue weighted by atomic mass is 16.5. The minimum Gasteiger partial charge on any atom is -0.464 e. The van der Waals surface area contributed by atoms with E-state index >= 15 is 0 Å². The Morgan fingerprint density at radius 1 is 0.806 bits per heavy atom. The summed E-state index contributed by atoms with van der Waals surface area (Å²) in [5.74, 6) is -0.506.